The zero-order valence-electron chi connectivity index (χ0n) is 80.8. The molecule has 0 radical (unpaired) electrons. The van der Waals surface area contributed by atoms with Crippen molar-refractivity contribution in [1.29, 1.82) is 0 Å². The van der Waals surface area contributed by atoms with Gasteiger partial charge in [-0.05, 0) is 104 Å². The molecule has 47 heteroatoms. The third-order valence-corrected chi connectivity index (χ3v) is 26.2. The Bertz CT molecular complexity index is 6890. The Morgan fingerprint density at radius 3 is 1.17 bits per heavy atom. The van der Waals surface area contributed by atoms with Gasteiger partial charge in [0.25, 0.3) is 0 Å². The van der Waals surface area contributed by atoms with E-state index in [1.807, 2.05) is 119 Å². The van der Waals surface area contributed by atoms with Crippen LogP contribution in [-0.4, -0.2) is 312 Å². The molecular weight excluding hydrogens is 1900 g/mol. The number of nitrogens with zero attached hydrogens (tertiary/aromatic N) is 20. The number of aliphatic hydroxyl groups excluding tert-OH is 14. The van der Waals surface area contributed by atoms with Crippen LogP contribution in [0.5, 0.6) is 0 Å². The number of nitrogen functional groups attached to an aromatic ring is 1. The number of aliphatic hydroxyl groups is 14. The number of fused-ring (bicyclic) bond motifs is 6. The number of carbonyl (C=O) groups is 2. The first-order valence-electron chi connectivity index (χ1n) is 48.1. The Hall–Kier alpha value is -14.0. The average molecular weight is 2020 g/mol. The number of ether oxygens (including phenoxy) is 5. The summed E-state index contributed by atoms with van der Waals surface area (Å²) in [5, 5.41) is 155. The number of ketones is 2. The minimum atomic E-state index is -1.35. The highest BCUT2D eigenvalue weighted by Gasteiger charge is 2.50. The fraction of sp³-hybridized carbons (Fsp3) is 0.410. The molecule has 21 N–H and O–H groups in total. The van der Waals surface area contributed by atoms with Crippen LogP contribution in [0.2, 0.25) is 0 Å². The summed E-state index contributed by atoms with van der Waals surface area (Å²) >= 11 is 0. The fourth-order valence-electron chi connectivity index (χ4n) is 18.1. The van der Waals surface area contributed by atoms with Gasteiger partial charge in [-0.3, -0.25) is 27.6 Å². The van der Waals surface area contributed by atoms with E-state index in [2.05, 4.69) is 138 Å². The number of aryl methyl sites for hydroxylation is 4. The number of anilines is 6. The smallest absolute Gasteiger partial charge is 0.226 e. The van der Waals surface area contributed by atoms with Gasteiger partial charge in [-0.2, -0.15) is 9.97 Å². The molecule has 21 rings (SSSR count). The quantitative estimate of drug-likeness (QED) is 0.0287. The van der Waals surface area contributed by atoms with Crippen molar-refractivity contribution >= 4 is 108 Å². The van der Waals surface area contributed by atoms with E-state index in [1.54, 1.807) is 16.1 Å². The fourth-order valence-corrected chi connectivity index (χ4v) is 18.1. The lowest BCUT2D eigenvalue weighted by atomic mass is 10.0. The second-order valence-corrected chi connectivity index (χ2v) is 36.5. The van der Waals surface area contributed by atoms with Crippen LogP contribution in [0.1, 0.15) is 126 Å². The van der Waals surface area contributed by atoms with E-state index >= 15 is 0 Å². The van der Waals surface area contributed by atoms with E-state index in [0.29, 0.717) is 131 Å². The van der Waals surface area contributed by atoms with Crippen LogP contribution in [0.4, 0.5) is 35.0 Å². The minimum absolute atomic E-state index is 0.155. The highest BCUT2D eigenvalue weighted by Crippen LogP contribution is 2.40. The first-order valence-corrected chi connectivity index (χ1v) is 48.1. The summed E-state index contributed by atoms with van der Waals surface area (Å²) in [7, 11) is 0. The molecule has 5 unspecified atom stereocenters. The molecule has 0 spiro atoms. The Labute approximate surface area is 840 Å². The molecule has 0 bridgehead atoms. The van der Waals surface area contributed by atoms with Gasteiger partial charge in [0.1, 0.15) is 128 Å². The van der Waals surface area contributed by atoms with Crippen LogP contribution >= 0.6 is 0 Å². The number of benzene rings is 5. The average Bonchev–Trinajstić information content (AvgIpc) is 1.31. The van der Waals surface area contributed by atoms with Crippen molar-refractivity contribution in [2.24, 2.45) is 0 Å². The van der Waals surface area contributed by atoms with Crippen LogP contribution < -0.4 is 32.3 Å². The molecular formula is C100H118N26O21. The number of nitrogens with two attached hydrogens (primary N) is 1. The Kier molecular flexibility index (Phi) is 33.5. The predicted octanol–water partition coefficient (Wildman–Crippen LogP) is 3.53. The molecule has 0 saturated carbocycles. The van der Waals surface area contributed by atoms with E-state index in [-0.39, 0.29) is 56.2 Å². The summed E-state index contributed by atoms with van der Waals surface area (Å²) in [5.41, 5.74) is 23.9. The van der Waals surface area contributed by atoms with Gasteiger partial charge in [0.15, 0.2) is 116 Å². The Balaban J connectivity index is 0.000000126. The van der Waals surface area contributed by atoms with Gasteiger partial charge in [0, 0.05) is 45.6 Å². The molecule has 774 valence electrons. The van der Waals surface area contributed by atoms with Crippen molar-refractivity contribution in [2.45, 2.75) is 222 Å². The summed E-state index contributed by atoms with van der Waals surface area (Å²) in [5.74, 6) is 2.63. The highest BCUT2D eigenvalue weighted by molar-refractivity contribution is 5.87. The van der Waals surface area contributed by atoms with Crippen molar-refractivity contribution in [1.82, 2.24) is 97.6 Å². The lowest BCUT2D eigenvalue weighted by Gasteiger charge is -2.16. The second kappa shape index (κ2) is 47.2. The molecule has 15 heterocycles. The highest BCUT2D eigenvalue weighted by atomic mass is 16.6. The predicted molar refractivity (Wildman–Crippen MR) is 533 cm³/mol. The number of nitrogens with one attached hydrogen (secondary N) is 5. The van der Waals surface area contributed by atoms with Gasteiger partial charge in [0.2, 0.25) is 5.95 Å². The largest absolute Gasteiger partial charge is 0.394 e. The van der Waals surface area contributed by atoms with Crippen molar-refractivity contribution in [3.63, 3.8) is 0 Å². The van der Waals surface area contributed by atoms with Crippen molar-refractivity contribution in [3.05, 3.63) is 240 Å². The lowest BCUT2D eigenvalue weighted by molar-refractivity contribution is -0.135. The molecule has 5 aromatic carbocycles. The van der Waals surface area contributed by atoms with Gasteiger partial charge in [0.05, 0.1) is 58.1 Å². The van der Waals surface area contributed by atoms with E-state index in [1.165, 1.54) is 104 Å². The van der Waals surface area contributed by atoms with Crippen LogP contribution in [0, 0.1) is 20.8 Å². The van der Waals surface area contributed by atoms with E-state index in [0.717, 1.165) is 47.1 Å². The summed E-state index contributed by atoms with van der Waals surface area (Å²) in [6, 6.07) is 41.0. The summed E-state index contributed by atoms with van der Waals surface area (Å²) in [4.78, 5) is 88.0. The van der Waals surface area contributed by atoms with Gasteiger partial charge < -0.3 is 132 Å². The van der Waals surface area contributed by atoms with Gasteiger partial charge in [-0.1, -0.05) is 151 Å². The third-order valence-electron chi connectivity index (χ3n) is 26.2. The number of carbonyl (C=O) groups excluding carboxylic acids is 2. The van der Waals surface area contributed by atoms with Gasteiger partial charge >= 0.3 is 0 Å². The first-order chi connectivity index (χ1) is 71.2. The molecule has 147 heavy (non-hydrogen) atoms. The second-order valence-electron chi connectivity index (χ2n) is 36.5. The third kappa shape index (κ3) is 23.2. The molecule has 5 fully saturated rings. The van der Waals surface area contributed by atoms with Crippen molar-refractivity contribution in [3.8, 4) is 0 Å². The maximum Gasteiger partial charge on any atom is 0.226 e. The Morgan fingerprint density at radius 1 is 0.374 bits per heavy atom. The monoisotopic (exact) mass is 2020 g/mol. The van der Waals surface area contributed by atoms with Crippen molar-refractivity contribution in [2.75, 3.05) is 71.8 Å². The van der Waals surface area contributed by atoms with Crippen molar-refractivity contribution < 1.29 is 105 Å². The summed E-state index contributed by atoms with van der Waals surface area (Å²) in [6.07, 6.45) is -1.41. The van der Waals surface area contributed by atoms with Crippen LogP contribution in [0.3, 0.4) is 0 Å². The topological polar surface area (TPSA) is 668 Å². The normalized spacial score (nSPS) is 24.4. The molecule has 47 nitrogen and oxygen atoms in total. The van der Waals surface area contributed by atoms with Crippen LogP contribution in [0.25, 0.3) is 61.4 Å². The SMILES string of the molecule is CCCC(=O)[C@H]1O[C@@H](n2cnc3c(N)nc(NCCc4ccc(CCC(C)=O)cc4)nc32)[C@@H](O)C1O.Cc1ccc(CNc2ncnc3c2ncn3[C@@H]2O[C@H](CO)C(O)[C@@H]2O)cc1.Cc1ccc(CNc2ncnc3c2ncn3[C@@H]2O[C@H](CO)C(O)[C@@H]2O)cc1.Cc1cccc(CNc2ncnc3c2ncn3[C@@H]2O[C@H](CO)C(O)[C@@H]2O)c1.OC[C@H]1O[C@@H](n2cnc3c(NCCC4=CCc5ccccc54)ncnc32)[C@@H](O)C1O. The van der Waals surface area contributed by atoms with E-state index in [9.17, 15) is 81.1 Å². The van der Waals surface area contributed by atoms with E-state index in [4.69, 9.17) is 29.4 Å². The number of imidazole rings is 5. The number of aromatic nitrogens is 20. The maximum atomic E-state index is 12.3. The molecule has 10 aromatic heterocycles. The van der Waals surface area contributed by atoms with Crippen LogP contribution in [0.15, 0.2) is 184 Å². The maximum absolute atomic E-state index is 12.3. The first kappa shape index (κ1) is 104. The molecule has 5 aliphatic heterocycles. The molecule has 15 aromatic rings. The zero-order valence-corrected chi connectivity index (χ0v) is 80.8. The van der Waals surface area contributed by atoms with Gasteiger partial charge in [-0.15, -0.1) is 0 Å². The molecule has 0 amide bonds. The summed E-state index contributed by atoms with van der Waals surface area (Å²) < 4.78 is 35.7. The van der Waals surface area contributed by atoms with Crippen LogP contribution in [-0.2, 0) is 72.2 Å². The number of allylic oxidation sites excluding steroid dienone is 1. The number of hydrogen-bond donors (Lipinski definition) is 20. The Morgan fingerprint density at radius 2 is 0.755 bits per heavy atom. The number of Topliss-reactive ketones (excluding diaryl/α,β-unsaturated/α-hetero) is 2. The molecule has 20 atom stereocenters. The van der Waals surface area contributed by atoms with E-state index < -0.39 is 123 Å². The van der Waals surface area contributed by atoms with Gasteiger partial charge in [-0.25, -0.2) is 64.8 Å². The number of hydrogen-bond acceptors (Lipinski definition) is 42. The molecule has 5 saturated heterocycles. The summed E-state index contributed by atoms with van der Waals surface area (Å²) in [6.45, 7) is 11.0. The standard InChI is InChI=1S/C25H32N6O5.C21H23N5O4.3C18H21N5O4/c1-3-4-17(33)21-19(34)20(35)24(36-21)31-13-28-18-22(26)29-25(30-23(18)31)27-12-11-16-9-7-15(8-10-16)6-5-14(2)32;27-9-15-17(28)18(29)21(30-15)26-11-25-16-19(23-10-24-20(16)26)22-8-7-13-6-5-12-3-1-2-4-14(12)13;2*1-10-2-4-11(5-3-10)6-19-16-13-17(21-8-20-16)23(9-22-13)18-15(26)14(25)12(7-24)27-18;1-10-3-2-4-11(5-10)6-19-16-13-17(21-8-20-16)23(9-22-13)18-15(26)14(25)12(7-24)27-18/h7-10,13,19-21,24,34-35H,3-6,11-12H2,1-2H3,(H3,26,27,29,30);1-4,6,10-11,15,17-18,21,27-29H,5,7-9H2,(H,22,23,24);3*2-5,8-9,12,14-15,18,24-26H,6-7H2,1H3,(H,19,20,21)/t19?,20-,21+,24+;15-,17?,18+,21-;3*12-,14?,15+,18-/m01111/s1. The molecule has 6 aliphatic rings. The zero-order chi connectivity index (χ0) is 103. The minimum Gasteiger partial charge on any atom is -0.394 e. The molecule has 1 aliphatic carbocycles. The number of rotatable bonds is 32. The lowest BCUT2D eigenvalue weighted by Crippen LogP contribution is -2.35.